The van der Waals surface area contributed by atoms with Gasteiger partial charge in [-0.15, -0.1) is 0 Å². The molecule has 0 fully saturated rings. The quantitative estimate of drug-likeness (QED) is 0.737. The molecule has 1 aromatic heterocycles. The second-order valence-electron chi connectivity index (χ2n) is 3.25. The Morgan fingerprint density at radius 2 is 2.29 bits per heavy atom. The molecule has 5 heteroatoms. The van der Waals surface area contributed by atoms with Crippen LogP contribution in [0.5, 0.6) is 0 Å². The van der Waals surface area contributed by atoms with Crippen LogP contribution >= 0.6 is 0 Å². The van der Waals surface area contributed by atoms with Crippen LogP contribution in [0.15, 0.2) is 6.20 Å². The van der Waals surface area contributed by atoms with Crippen LogP contribution in [0.4, 0.5) is 0 Å². The Morgan fingerprint density at radius 3 is 2.79 bits per heavy atom. The van der Waals surface area contributed by atoms with E-state index < -0.39 is 0 Å². The number of hydrogen-bond donors (Lipinski definition) is 2. The Morgan fingerprint density at radius 1 is 1.57 bits per heavy atom. The number of carbonyl (C=O) groups excluding carboxylic acids is 1. The molecule has 0 aliphatic heterocycles. The smallest absolute Gasteiger partial charge is 0.273 e. The molecule has 0 aromatic carbocycles. The number of amides is 1. The van der Waals surface area contributed by atoms with Gasteiger partial charge in [0.15, 0.2) is 5.69 Å². The van der Waals surface area contributed by atoms with Crippen LogP contribution in [0.25, 0.3) is 0 Å². The van der Waals surface area contributed by atoms with Gasteiger partial charge in [0.05, 0.1) is 6.20 Å². The highest BCUT2D eigenvalue weighted by Crippen LogP contribution is 2.05. The fourth-order valence-electron chi connectivity index (χ4n) is 1.22. The van der Waals surface area contributed by atoms with Crippen molar-refractivity contribution < 1.29 is 4.79 Å². The molecule has 1 rings (SSSR count). The first-order valence-corrected chi connectivity index (χ1v) is 4.91. The maximum Gasteiger partial charge on any atom is 0.273 e. The molecule has 0 atom stereocenters. The summed E-state index contributed by atoms with van der Waals surface area (Å²) in [5.41, 5.74) is 0.343. The summed E-state index contributed by atoms with van der Waals surface area (Å²) < 4.78 is 0. The van der Waals surface area contributed by atoms with E-state index in [-0.39, 0.29) is 5.91 Å². The van der Waals surface area contributed by atoms with E-state index in [4.69, 9.17) is 0 Å². The van der Waals surface area contributed by atoms with Gasteiger partial charge in [-0.25, -0.2) is 0 Å². The van der Waals surface area contributed by atoms with Gasteiger partial charge < -0.3 is 5.32 Å². The normalized spacial score (nSPS) is 10.5. The van der Waals surface area contributed by atoms with Crippen LogP contribution in [-0.2, 0) is 0 Å². The molecular weight excluding hydrogens is 180 g/mol. The van der Waals surface area contributed by atoms with Crippen molar-refractivity contribution >= 4 is 5.91 Å². The van der Waals surface area contributed by atoms with Gasteiger partial charge in [-0.1, -0.05) is 26.7 Å². The Balaban J connectivity index is 2.35. The summed E-state index contributed by atoms with van der Waals surface area (Å²) in [7, 11) is 0. The zero-order valence-electron chi connectivity index (χ0n) is 8.58. The molecule has 0 aliphatic rings. The average molecular weight is 196 g/mol. The standard InChI is InChI=1S/C9H16N4O/c1-3-7(4-2)5-10-9(14)8-6-11-13-12-8/h6-7H,3-5H2,1-2H3,(H,10,14)(H,11,12,13). The molecule has 2 N–H and O–H groups in total. The molecule has 0 spiro atoms. The van der Waals surface area contributed by atoms with Crippen LogP contribution in [0.1, 0.15) is 37.2 Å². The van der Waals surface area contributed by atoms with Crippen molar-refractivity contribution in [3.63, 3.8) is 0 Å². The molecular formula is C9H16N4O. The van der Waals surface area contributed by atoms with E-state index in [1.807, 2.05) is 0 Å². The first-order valence-electron chi connectivity index (χ1n) is 4.91. The fraction of sp³-hybridized carbons (Fsp3) is 0.667. The van der Waals surface area contributed by atoms with Crippen molar-refractivity contribution in [3.8, 4) is 0 Å². The minimum atomic E-state index is -0.161. The summed E-state index contributed by atoms with van der Waals surface area (Å²) in [6.45, 7) is 4.95. The van der Waals surface area contributed by atoms with E-state index in [9.17, 15) is 4.79 Å². The minimum absolute atomic E-state index is 0.161. The second kappa shape index (κ2) is 5.36. The topological polar surface area (TPSA) is 70.7 Å². The zero-order valence-corrected chi connectivity index (χ0v) is 8.58. The number of rotatable bonds is 5. The molecule has 14 heavy (non-hydrogen) atoms. The highest BCUT2D eigenvalue weighted by atomic mass is 16.1. The first kappa shape index (κ1) is 10.7. The fourth-order valence-corrected chi connectivity index (χ4v) is 1.22. The molecule has 0 aliphatic carbocycles. The summed E-state index contributed by atoms with van der Waals surface area (Å²) in [5, 5.41) is 12.5. The predicted molar refractivity (Wildman–Crippen MR) is 52.8 cm³/mol. The van der Waals surface area contributed by atoms with Crippen molar-refractivity contribution in [2.75, 3.05) is 6.54 Å². The Labute approximate surface area is 83.3 Å². The molecule has 0 bridgehead atoms. The van der Waals surface area contributed by atoms with Crippen molar-refractivity contribution in [2.24, 2.45) is 5.92 Å². The number of hydrogen-bond acceptors (Lipinski definition) is 3. The lowest BCUT2D eigenvalue weighted by Gasteiger charge is -2.11. The van der Waals surface area contributed by atoms with E-state index in [2.05, 4.69) is 34.6 Å². The summed E-state index contributed by atoms with van der Waals surface area (Å²) in [6, 6.07) is 0. The van der Waals surface area contributed by atoms with Crippen molar-refractivity contribution in [3.05, 3.63) is 11.9 Å². The molecule has 0 saturated carbocycles. The first-order chi connectivity index (χ1) is 6.77. The molecule has 0 unspecified atom stereocenters. The Hall–Kier alpha value is -1.39. The highest BCUT2D eigenvalue weighted by molar-refractivity contribution is 5.91. The highest BCUT2D eigenvalue weighted by Gasteiger charge is 2.10. The number of nitrogens with zero attached hydrogens (tertiary/aromatic N) is 2. The van der Waals surface area contributed by atoms with Crippen molar-refractivity contribution in [1.29, 1.82) is 0 Å². The molecule has 1 amide bonds. The third-order valence-electron chi connectivity index (χ3n) is 2.35. The van der Waals surface area contributed by atoms with E-state index in [1.165, 1.54) is 6.20 Å². The summed E-state index contributed by atoms with van der Waals surface area (Å²) in [6.07, 6.45) is 3.58. The molecule has 1 heterocycles. The van der Waals surface area contributed by atoms with Crippen molar-refractivity contribution in [1.82, 2.24) is 20.7 Å². The number of carbonyl (C=O) groups is 1. The van der Waals surface area contributed by atoms with E-state index in [1.54, 1.807) is 0 Å². The van der Waals surface area contributed by atoms with Gasteiger partial charge in [-0.2, -0.15) is 15.4 Å². The number of H-pyrrole nitrogens is 1. The summed E-state index contributed by atoms with van der Waals surface area (Å²) in [5.74, 6) is 0.386. The number of nitrogens with one attached hydrogen (secondary N) is 2. The Kier molecular flexibility index (Phi) is 4.10. The van der Waals surface area contributed by atoms with Crippen molar-refractivity contribution in [2.45, 2.75) is 26.7 Å². The molecule has 0 radical (unpaired) electrons. The van der Waals surface area contributed by atoms with Gasteiger partial charge in [0.2, 0.25) is 0 Å². The third-order valence-corrected chi connectivity index (χ3v) is 2.35. The van der Waals surface area contributed by atoms with Gasteiger partial charge in [0.25, 0.3) is 5.91 Å². The van der Waals surface area contributed by atoms with Gasteiger partial charge in [0.1, 0.15) is 0 Å². The monoisotopic (exact) mass is 196 g/mol. The Bertz CT molecular complexity index is 266. The van der Waals surface area contributed by atoms with Crippen LogP contribution in [-0.4, -0.2) is 27.9 Å². The molecule has 78 valence electrons. The SMILES string of the molecule is CCC(CC)CNC(=O)c1cn[nH]n1. The van der Waals surface area contributed by atoms with E-state index in [0.717, 1.165) is 12.8 Å². The van der Waals surface area contributed by atoms with Gasteiger partial charge in [-0.3, -0.25) is 4.79 Å². The summed E-state index contributed by atoms with van der Waals surface area (Å²) in [4.78, 5) is 11.4. The van der Waals surface area contributed by atoms with Crippen LogP contribution in [0.2, 0.25) is 0 Å². The lowest BCUT2D eigenvalue weighted by atomic mass is 10.0. The van der Waals surface area contributed by atoms with Crippen LogP contribution < -0.4 is 5.32 Å². The second-order valence-corrected chi connectivity index (χ2v) is 3.25. The van der Waals surface area contributed by atoms with Gasteiger partial charge in [0, 0.05) is 6.54 Å². The maximum atomic E-state index is 11.4. The lowest BCUT2D eigenvalue weighted by Crippen LogP contribution is -2.29. The maximum absolute atomic E-state index is 11.4. The molecule has 1 aromatic rings. The summed E-state index contributed by atoms with van der Waals surface area (Å²) >= 11 is 0. The largest absolute Gasteiger partial charge is 0.350 e. The van der Waals surface area contributed by atoms with Gasteiger partial charge in [-0.05, 0) is 5.92 Å². The van der Waals surface area contributed by atoms with Crippen LogP contribution in [0, 0.1) is 5.92 Å². The molecule has 5 nitrogen and oxygen atoms in total. The average Bonchev–Trinajstić information content (AvgIpc) is 2.72. The van der Waals surface area contributed by atoms with E-state index in [0.29, 0.717) is 18.2 Å². The minimum Gasteiger partial charge on any atom is -0.350 e. The van der Waals surface area contributed by atoms with Crippen LogP contribution in [0.3, 0.4) is 0 Å². The number of aromatic amines is 1. The predicted octanol–water partition coefficient (Wildman–Crippen LogP) is 0.971. The lowest BCUT2D eigenvalue weighted by molar-refractivity contribution is 0.0941. The third kappa shape index (κ3) is 2.83. The van der Waals surface area contributed by atoms with E-state index >= 15 is 0 Å². The molecule has 0 saturated heterocycles. The van der Waals surface area contributed by atoms with Gasteiger partial charge >= 0.3 is 0 Å². The number of aromatic nitrogens is 3. The zero-order chi connectivity index (χ0) is 10.4.